The van der Waals surface area contributed by atoms with Crippen molar-refractivity contribution in [3.63, 3.8) is 0 Å². The molecule has 4 nitrogen and oxygen atoms in total. The van der Waals surface area contributed by atoms with E-state index in [1.165, 1.54) is 12.8 Å². The third-order valence-corrected chi connectivity index (χ3v) is 4.19. The van der Waals surface area contributed by atoms with Gasteiger partial charge >= 0.3 is 5.97 Å². The van der Waals surface area contributed by atoms with E-state index in [2.05, 4.69) is 33.2 Å². The molecule has 19 heavy (non-hydrogen) atoms. The summed E-state index contributed by atoms with van der Waals surface area (Å²) in [6, 6.07) is 5.43. The maximum Gasteiger partial charge on any atom is 0.338 e. The van der Waals surface area contributed by atoms with Gasteiger partial charge in [-0.25, -0.2) is 4.79 Å². The molecule has 5 heteroatoms. The second kappa shape index (κ2) is 6.39. The number of benzene rings is 1. The van der Waals surface area contributed by atoms with Crippen molar-refractivity contribution in [3.05, 3.63) is 28.2 Å². The van der Waals surface area contributed by atoms with Gasteiger partial charge in [0.25, 0.3) is 0 Å². The molecule has 0 bridgehead atoms. The molecule has 1 aliphatic heterocycles. The highest BCUT2D eigenvalue weighted by Gasteiger charge is 2.19. The van der Waals surface area contributed by atoms with E-state index in [0.717, 1.165) is 19.6 Å². The summed E-state index contributed by atoms with van der Waals surface area (Å²) >= 11 is 3.29. The van der Waals surface area contributed by atoms with Crippen LogP contribution in [-0.4, -0.2) is 42.7 Å². The molecule has 104 valence electrons. The van der Waals surface area contributed by atoms with Crippen LogP contribution in [0, 0.1) is 5.92 Å². The lowest BCUT2D eigenvalue weighted by Crippen LogP contribution is -2.35. The molecule has 1 heterocycles. The van der Waals surface area contributed by atoms with E-state index in [4.69, 9.17) is 0 Å². The maximum atomic E-state index is 11.3. The Kier molecular flexibility index (Phi) is 4.82. The number of aromatic carboxylic acids is 1. The average Bonchev–Trinajstić information content (AvgIpc) is 2.36. The zero-order valence-electron chi connectivity index (χ0n) is 11.0. The molecule has 0 saturated carbocycles. The molecule has 1 aromatic carbocycles. The molecule has 0 radical (unpaired) electrons. The van der Waals surface area contributed by atoms with Gasteiger partial charge in [-0.1, -0.05) is 6.07 Å². The SMILES string of the molecule is CN1CCCC(CNc2cccc(Br)c2C(=O)O)C1. The summed E-state index contributed by atoms with van der Waals surface area (Å²) in [6.45, 7) is 3.05. The smallest absolute Gasteiger partial charge is 0.338 e. The minimum absolute atomic E-state index is 0.312. The van der Waals surface area contributed by atoms with Gasteiger partial charge in [0, 0.05) is 23.2 Å². The summed E-state index contributed by atoms with van der Waals surface area (Å²) in [6.07, 6.45) is 2.42. The minimum atomic E-state index is -0.907. The number of carboxylic acid groups (broad SMARTS) is 1. The summed E-state index contributed by atoms with van der Waals surface area (Å²) in [7, 11) is 2.13. The molecule has 1 aromatic rings. The van der Waals surface area contributed by atoms with Gasteiger partial charge in [0.15, 0.2) is 0 Å². The molecule has 2 rings (SSSR count). The minimum Gasteiger partial charge on any atom is -0.478 e. The zero-order valence-corrected chi connectivity index (χ0v) is 12.6. The third kappa shape index (κ3) is 3.70. The summed E-state index contributed by atoms with van der Waals surface area (Å²) in [5.41, 5.74) is 1.00. The van der Waals surface area contributed by atoms with Crippen LogP contribution in [0.2, 0.25) is 0 Å². The fourth-order valence-corrected chi connectivity index (χ4v) is 3.12. The fraction of sp³-hybridized carbons (Fsp3) is 0.500. The van der Waals surface area contributed by atoms with Gasteiger partial charge in [0.05, 0.1) is 5.56 Å². The Morgan fingerprint density at radius 1 is 1.58 bits per heavy atom. The highest BCUT2D eigenvalue weighted by molar-refractivity contribution is 9.10. The summed E-state index contributed by atoms with van der Waals surface area (Å²) in [5, 5.41) is 12.5. The normalized spacial score (nSPS) is 20.2. The van der Waals surface area contributed by atoms with Crippen LogP contribution in [0.5, 0.6) is 0 Å². The molecule has 2 N–H and O–H groups in total. The van der Waals surface area contributed by atoms with Crippen molar-refractivity contribution >= 4 is 27.6 Å². The lowest BCUT2D eigenvalue weighted by Gasteiger charge is -2.30. The Hall–Kier alpha value is -1.07. The van der Waals surface area contributed by atoms with Crippen LogP contribution in [0.1, 0.15) is 23.2 Å². The molecule has 0 aliphatic carbocycles. The van der Waals surface area contributed by atoms with Gasteiger partial charge in [-0.05, 0) is 60.4 Å². The van der Waals surface area contributed by atoms with E-state index in [1.54, 1.807) is 6.07 Å². The molecule has 1 aliphatic rings. The van der Waals surface area contributed by atoms with Gasteiger partial charge in [-0.2, -0.15) is 0 Å². The van der Waals surface area contributed by atoms with Crippen LogP contribution in [0.25, 0.3) is 0 Å². The lowest BCUT2D eigenvalue weighted by molar-refractivity contribution is 0.0697. The quantitative estimate of drug-likeness (QED) is 0.893. The van der Waals surface area contributed by atoms with Crippen molar-refractivity contribution in [2.45, 2.75) is 12.8 Å². The monoisotopic (exact) mass is 326 g/mol. The largest absolute Gasteiger partial charge is 0.478 e. The van der Waals surface area contributed by atoms with Crippen LogP contribution >= 0.6 is 15.9 Å². The average molecular weight is 327 g/mol. The van der Waals surface area contributed by atoms with E-state index >= 15 is 0 Å². The van der Waals surface area contributed by atoms with E-state index in [0.29, 0.717) is 21.6 Å². The lowest BCUT2D eigenvalue weighted by atomic mass is 9.98. The van der Waals surface area contributed by atoms with E-state index in [9.17, 15) is 9.90 Å². The van der Waals surface area contributed by atoms with Crippen molar-refractivity contribution in [3.8, 4) is 0 Å². The Morgan fingerprint density at radius 3 is 3.05 bits per heavy atom. The number of piperidine rings is 1. The van der Waals surface area contributed by atoms with Gasteiger partial charge in [0.2, 0.25) is 0 Å². The van der Waals surface area contributed by atoms with Gasteiger partial charge in [0.1, 0.15) is 0 Å². The van der Waals surface area contributed by atoms with Crippen LogP contribution in [0.15, 0.2) is 22.7 Å². The molecule has 0 spiro atoms. The Morgan fingerprint density at radius 2 is 2.37 bits per heavy atom. The molecule has 1 atom stereocenters. The first-order valence-corrected chi connectivity index (χ1v) is 7.31. The number of halogens is 1. The zero-order chi connectivity index (χ0) is 13.8. The number of rotatable bonds is 4. The Bertz CT molecular complexity index is 465. The van der Waals surface area contributed by atoms with Crippen molar-refractivity contribution in [2.24, 2.45) is 5.92 Å². The number of nitrogens with one attached hydrogen (secondary N) is 1. The van der Waals surface area contributed by atoms with Crippen LogP contribution in [-0.2, 0) is 0 Å². The summed E-state index contributed by atoms with van der Waals surface area (Å²) in [5.74, 6) is -0.324. The fourth-order valence-electron chi connectivity index (χ4n) is 2.58. The molecule has 1 saturated heterocycles. The number of hydrogen-bond acceptors (Lipinski definition) is 3. The number of carboxylic acids is 1. The Labute approximate surface area is 121 Å². The third-order valence-electron chi connectivity index (χ3n) is 3.53. The highest BCUT2D eigenvalue weighted by Crippen LogP contribution is 2.25. The topological polar surface area (TPSA) is 52.6 Å². The summed E-state index contributed by atoms with van der Waals surface area (Å²) < 4.78 is 0.616. The second-order valence-electron chi connectivity index (χ2n) is 5.12. The van der Waals surface area contributed by atoms with Crippen LogP contribution < -0.4 is 5.32 Å². The van der Waals surface area contributed by atoms with E-state index in [1.807, 2.05) is 12.1 Å². The van der Waals surface area contributed by atoms with Crippen molar-refractivity contribution < 1.29 is 9.90 Å². The second-order valence-corrected chi connectivity index (χ2v) is 5.97. The first-order chi connectivity index (χ1) is 9.08. The van der Waals surface area contributed by atoms with E-state index in [-0.39, 0.29) is 0 Å². The van der Waals surface area contributed by atoms with E-state index < -0.39 is 5.97 Å². The van der Waals surface area contributed by atoms with Crippen molar-refractivity contribution in [1.29, 1.82) is 0 Å². The number of hydrogen-bond donors (Lipinski definition) is 2. The van der Waals surface area contributed by atoms with Gasteiger partial charge in [-0.3, -0.25) is 0 Å². The van der Waals surface area contributed by atoms with Gasteiger partial charge < -0.3 is 15.3 Å². The first kappa shape index (κ1) is 14.3. The molecular formula is C14H19BrN2O2. The van der Waals surface area contributed by atoms with Crippen molar-refractivity contribution in [1.82, 2.24) is 4.90 Å². The predicted octanol–water partition coefficient (Wildman–Crippen LogP) is 2.90. The standard InChI is InChI=1S/C14H19BrN2O2/c1-17-7-3-4-10(9-17)8-16-12-6-2-5-11(15)13(12)14(18)19/h2,5-6,10,16H,3-4,7-9H2,1H3,(H,18,19). The number of nitrogens with zero attached hydrogens (tertiary/aromatic N) is 1. The molecule has 0 amide bonds. The van der Waals surface area contributed by atoms with Crippen LogP contribution in [0.3, 0.4) is 0 Å². The predicted molar refractivity (Wildman–Crippen MR) is 79.8 cm³/mol. The molecule has 0 aromatic heterocycles. The van der Waals surface area contributed by atoms with Crippen molar-refractivity contribution in [2.75, 3.05) is 32.0 Å². The number of anilines is 1. The molecule has 1 unspecified atom stereocenters. The molecular weight excluding hydrogens is 308 g/mol. The number of likely N-dealkylation sites (tertiary alicyclic amines) is 1. The Balaban J connectivity index is 2.03. The number of carbonyl (C=O) groups is 1. The maximum absolute atomic E-state index is 11.3. The highest BCUT2D eigenvalue weighted by atomic mass is 79.9. The van der Waals surface area contributed by atoms with Crippen LogP contribution in [0.4, 0.5) is 5.69 Å². The molecule has 1 fully saturated rings. The first-order valence-electron chi connectivity index (χ1n) is 6.52. The summed E-state index contributed by atoms with van der Waals surface area (Å²) in [4.78, 5) is 13.6. The van der Waals surface area contributed by atoms with Gasteiger partial charge in [-0.15, -0.1) is 0 Å².